The lowest BCUT2D eigenvalue weighted by molar-refractivity contribution is 0.334. The molecule has 0 spiro atoms. The monoisotopic (exact) mass is 229 g/mol. The molecule has 0 aliphatic heterocycles. The molecule has 1 rings (SSSR count). The largest absolute Gasteiger partial charge is 0.494 e. The Morgan fingerprint density at radius 2 is 2.00 bits per heavy atom. The second-order valence-corrected chi connectivity index (χ2v) is 3.45. The molecule has 0 aromatic heterocycles. The van der Waals surface area contributed by atoms with Gasteiger partial charge in [-0.3, -0.25) is 0 Å². The topological polar surface area (TPSA) is 35.2 Å². The molecule has 1 aromatic carbocycles. The molecule has 0 heterocycles. The van der Waals surface area contributed by atoms with Crippen molar-refractivity contribution in [2.45, 2.75) is 33.2 Å². The molecule has 2 N–H and O–H groups in total. The Hall–Kier alpha value is -0.730. The van der Waals surface area contributed by atoms with Crippen LogP contribution in [0.1, 0.15) is 37.9 Å². The van der Waals surface area contributed by atoms with E-state index in [4.69, 9.17) is 10.5 Å². The first-order chi connectivity index (χ1) is 6.69. The maximum atomic E-state index is 5.89. The maximum Gasteiger partial charge on any atom is 0.124 e. The van der Waals surface area contributed by atoms with Gasteiger partial charge in [0.2, 0.25) is 0 Å². The lowest BCUT2D eigenvalue weighted by atomic mass is 10.0. The van der Waals surface area contributed by atoms with Crippen LogP contribution >= 0.6 is 12.4 Å². The summed E-state index contributed by atoms with van der Waals surface area (Å²) >= 11 is 0. The normalized spacial score (nSPS) is 11.7. The number of hydrogen-bond acceptors (Lipinski definition) is 2. The van der Waals surface area contributed by atoms with Gasteiger partial charge in [-0.15, -0.1) is 12.4 Å². The van der Waals surface area contributed by atoms with Crippen molar-refractivity contribution in [2.24, 2.45) is 5.73 Å². The Morgan fingerprint density at radius 1 is 1.33 bits per heavy atom. The zero-order valence-electron chi connectivity index (χ0n) is 9.62. The van der Waals surface area contributed by atoms with Crippen LogP contribution in [0.2, 0.25) is 0 Å². The fourth-order valence-electron chi connectivity index (χ4n) is 1.46. The van der Waals surface area contributed by atoms with Gasteiger partial charge in [-0.05, 0) is 31.9 Å². The second-order valence-electron chi connectivity index (χ2n) is 3.45. The van der Waals surface area contributed by atoms with Gasteiger partial charge in [0.25, 0.3) is 0 Å². The van der Waals surface area contributed by atoms with Crippen molar-refractivity contribution in [1.82, 2.24) is 0 Å². The van der Waals surface area contributed by atoms with Crippen molar-refractivity contribution in [3.05, 3.63) is 29.3 Å². The standard InChI is InChI=1S/C12H19NO.ClH/c1-4-10-6-7-12(14-5-2)11(8-10)9(3)13;/h6-9H,4-5,13H2,1-3H3;1H. The van der Waals surface area contributed by atoms with E-state index in [9.17, 15) is 0 Å². The fraction of sp³-hybridized carbons (Fsp3) is 0.500. The van der Waals surface area contributed by atoms with Gasteiger partial charge in [0.15, 0.2) is 0 Å². The van der Waals surface area contributed by atoms with Gasteiger partial charge in [0, 0.05) is 11.6 Å². The van der Waals surface area contributed by atoms with Gasteiger partial charge in [0.05, 0.1) is 6.61 Å². The highest BCUT2D eigenvalue weighted by Crippen LogP contribution is 2.25. The Kier molecular flexibility index (Phi) is 6.37. The summed E-state index contributed by atoms with van der Waals surface area (Å²) in [6.45, 7) is 6.79. The highest BCUT2D eigenvalue weighted by atomic mass is 35.5. The van der Waals surface area contributed by atoms with Crippen LogP contribution in [0.4, 0.5) is 0 Å². The third kappa shape index (κ3) is 3.73. The van der Waals surface area contributed by atoms with Gasteiger partial charge < -0.3 is 10.5 Å². The summed E-state index contributed by atoms with van der Waals surface area (Å²) < 4.78 is 5.52. The second kappa shape index (κ2) is 6.70. The summed E-state index contributed by atoms with van der Waals surface area (Å²) in [6, 6.07) is 6.27. The summed E-state index contributed by atoms with van der Waals surface area (Å²) in [5.41, 5.74) is 8.30. The summed E-state index contributed by atoms with van der Waals surface area (Å²) in [4.78, 5) is 0. The van der Waals surface area contributed by atoms with Crippen LogP contribution in [0.25, 0.3) is 0 Å². The van der Waals surface area contributed by atoms with E-state index in [0.717, 1.165) is 17.7 Å². The number of ether oxygens (including phenoxy) is 1. The predicted octanol–water partition coefficient (Wildman–Crippen LogP) is 3.09. The number of benzene rings is 1. The lowest BCUT2D eigenvalue weighted by Gasteiger charge is -2.14. The number of nitrogens with two attached hydrogens (primary N) is 1. The molecule has 0 radical (unpaired) electrons. The van der Waals surface area contributed by atoms with Crippen molar-refractivity contribution in [2.75, 3.05) is 6.61 Å². The molecule has 2 nitrogen and oxygen atoms in total. The average molecular weight is 230 g/mol. The Labute approximate surface area is 98.2 Å². The van der Waals surface area contributed by atoms with Crippen LogP contribution in [0, 0.1) is 0 Å². The molecule has 15 heavy (non-hydrogen) atoms. The molecule has 86 valence electrons. The number of aryl methyl sites for hydroxylation is 1. The molecule has 0 saturated carbocycles. The lowest BCUT2D eigenvalue weighted by Crippen LogP contribution is -2.08. The van der Waals surface area contributed by atoms with Crippen LogP contribution in [-0.4, -0.2) is 6.61 Å². The van der Waals surface area contributed by atoms with Crippen LogP contribution in [0.15, 0.2) is 18.2 Å². The zero-order chi connectivity index (χ0) is 10.6. The zero-order valence-corrected chi connectivity index (χ0v) is 10.4. The highest BCUT2D eigenvalue weighted by Gasteiger charge is 2.08. The molecule has 3 heteroatoms. The minimum atomic E-state index is 0. The third-order valence-corrected chi connectivity index (χ3v) is 2.27. The quantitative estimate of drug-likeness (QED) is 0.861. The number of halogens is 1. The minimum Gasteiger partial charge on any atom is -0.494 e. The van der Waals surface area contributed by atoms with Crippen LogP contribution in [0.5, 0.6) is 5.75 Å². The molecular formula is C12H20ClNO. The Morgan fingerprint density at radius 3 is 2.47 bits per heavy atom. The molecule has 0 fully saturated rings. The molecular weight excluding hydrogens is 210 g/mol. The van der Waals surface area contributed by atoms with Gasteiger partial charge in [-0.1, -0.05) is 19.1 Å². The van der Waals surface area contributed by atoms with Crippen LogP contribution < -0.4 is 10.5 Å². The summed E-state index contributed by atoms with van der Waals surface area (Å²) in [5, 5.41) is 0. The van der Waals surface area contributed by atoms with Crippen LogP contribution in [-0.2, 0) is 6.42 Å². The van der Waals surface area contributed by atoms with E-state index in [2.05, 4.69) is 19.1 Å². The van der Waals surface area contributed by atoms with Gasteiger partial charge >= 0.3 is 0 Å². The number of rotatable bonds is 4. The number of hydrogen-bond donors (Lipinski definition) is 1. The average Bonchev–Trinajstić information content (AvgIpc) is 2.18. The Bertz CT molecular complexity index is 300. The molecule has 1 atom stereocenters. The minimum absolute atomic E-state index is 0. The first kappa shape index (κ1) is 14.3. The molecule has 0 amide bonds. The summed E-state index contributed by atoms with van der Waals surface area (Å²) in [6.07, 6.45) is 1.03. The first-order valence-electron chi connectivity index (χ1n) is 5.20. The van der Waals surface area contributed by atoms with Gasteiger partial charge in [0.1, 0.15) is 5.75 Å². The van der Waals surface area contributed by atoms with Crippen molar-refractivity contribution in [3.8, 4) is 5.75 Å². The third-order valence-electron chi connectivity index (χ3n) is 2.27. The van der Waals surface area contributed by atoms with Crippen LogP contribution in [0.3, 0.4) is 0 Å². The van der Waals surface area contributed by atoms with E-state index in [1.165, 1.54) is 5.56 Å². The van der Waals surface area contributed by atoms with E-state index >= 15 is 0 Å². The maximum absolute atomic E-state index is 5.89. The van der Waals surface area contributed by atoms with E-state index < -0.39 is 0 Å². The first-order valence-corrected chi connectivity index (χ1v) is 5.20. The van der Waals surface area contributed by atoms with E-state index in [1.807, 2.05) is 19.9 Å². The Balaban J connectivity index is 0.00000196. The summed E-state index contributed by atoms with van der Waals surface area (Å²) in [7, 11) is 0. The molecule has 0 aliphatic carbocycles. The predicted molar refractivity (Wildman–Crippen MR) is 66.8 cm³/mol. The smallest absolute Gasteiger partial charge is 0.124 e. The van der Waals surface area contributed by atoms with Crippen molar-refractivity contribution in [1.29, 1.82) is 0 Å². The molecule has 1 aromatic rings. The molecule has 1 unspecified atom stereocenters. The van der Waals surface area contributed by atoms with Gasteiger partial charge in [-0.2, -0.15) is 0 Å². The van der Waals surface area contributed by atoms with E-state index in [0.29, 0.717) is 6.61 Å². The fourth-order valence-corrected chi connectivity index (χ4v) is 1.46. The van der Waals surface area contributed by atoms with E-state index in [-0.39, 0.29) is 18.4 Å². The van der Waals surface area contributed by atoms with Gasteiger partial charge in [-0.25, -0.2) is 0 Å². The summed E-state index contributed by atoms with van der Waals surface area (Å²) in [5.74, 6) is 0.916. The SMILES string of the molecule is CCOc1ccc(CC)cc1C(C)N.Cl. The van der Waals surface area contributed by atoms with Crippen molar-refractivity contribution >= 4 is 12.4 Å². The van der Waals surface area contributed by atoms with Crippen molar-refractivity contribution < 1.29 is 4.74 Å². The highest BCUT2D eigenvalue weighted by molar-refractivity contribution is 5.85. The molecule has 0 saturated heterocycles. The van der Waals surface area contributed by atoms with Crippen molar-refractivity contribution in [3.63, 3.8) is 0 Å². The molecule has 0 aliphatic rings. The van der Waals surface area contributed by atoms with E-state index in [1.54, 1.807) is 0 Å². The molecule has 0 bridgehead atoms.